The van der Waals surface area contributed by atoms with E-state index in [0.29, 0.717) is 18.0 Å². The monoisotopic (exact) mass is 518 g/mol. The van der Waals surface area contributed by atoms with Crippen LogP contribution in [0.25, 0.3) is 0 Å². The fraction of sp³-hybridized carbons (Fsp3) is 0.240. The van der Waals surface area contributed by atoms with Crippen molar-refractivity contribution in [2.45, 2.75) is 17.1 Å². The molecule has 0 aliphatic heterocycles. The van der Waals surface area contributed by atoms with Crippen molar-refractivity contribution < 1.29 is 17.9 Å². The molecule has 0 aliphatic carbocycles. The maximum Gasteiger partial charge on any atom is 0.264 e. The van der Waals surface area contributed by atoms with Gasteiger partial charge in [-0.3, -0.25) is 9.10 Å². The first-order valence-electron chi connectivity index (χ1n) is 10.7. The minimum absolute atomic E-state index is 0.121. The maximum absolute atomic E-state index is 13.3. The predicted molar refractivity (Wildman–Crippen MR) is 139 cm³/mol. The minimum Gasteiger partial charge on any atom is -0.497 e. The van der Waals surface area contributed by atoms with Crippen LogP contribution in [-0.2, 0) is 20.6 Å². The van der Waals surface area contributed by atoms with Crippen molar-refractivity contribution in [1.29, 1.82) is 0 Å². The number of hydrogen-bond donors (Lipinski definition) is 1. The summed E-state index contributed by atoms with van der Waals surface area (Å²) >= 11 is 7.76. The maximum atomic E-state index is 13.3. The van der Waals surface area contributed by atoms with Crippen molar-refractivity contribution in [3.05, 3.63) is 89.4 Å². The lowest BCUT2D eigenvalue weighted by Gasteiger charge is -2.24. The van der Waals surface area contributed by atoms with Crippen molar-refractivity contribution in [2.24, 2.45) is 0 Å². The van der Waals surface area contributed by atoms with Crippen LogP contribution in [-0.4, -0.2) is 40.3 Å². The standard InChI is InChI=1S/C25H27ClN2O4S2/c1-32-23-13-11-22(12-14-23)28(34(30,31)24-9-3-2-4-10-24)18-25(29)27-15-6-16-33-19-20-7-5-8-21(26)17-20/h2-5,7-14,17H,6,15-16,18-19H2,1H3,(H,27,29). The molecule has 0 bridgehead atoms. The zero-order valence-corrected chi connectivity index (χ0v) is 21.2. The molecule has 0 atom stereocenters. The molecule has 0 spiro atoms. The Morgan fingerprint density at radius 1 is 1.03 bits per heavy atom. The summed E-state index contributed by atoms with van der Waals surface area (Å²) < 4.78 is 32.9. The van der Waals surface area contributed by atoms with E-state index >= 15 is 0 Å². The molecule has 0 radical (unpaired) electrons. The van der Waals surface area contributed by atoms with Crippen LogP contribution < -0.4 is 14.4 Å². The number of rotatable bonds is 12. The van der Waals surface area contributed by atoms with Gasteiger partial charge in [-0.1, -0.05) is 41.9 Å². The smallest absolute Gasteiger partial charge is 0.264 e. The van der Waals surface area contributed by atoms with Gasteiger partial charge in [0.1, 0.15) is 12.3 Å². The number of halogens is 1. The summed E-state index contributed by atoms with van der Waals surface area (Å²) in [6.45, 7) is 0.141. The van der Waals surface area contributed by atoms with Crippen molar-refractivity contribution in [1.82, 2.24) is 5.32 Å². The Balaban J connectivity index is 1.58. The number of sulfonamides is 1. The number of amides is 1. The lowest BCUT2D eigenvalue weighted by atomic mass is 10.2. The number of carbonyl (C=O) groups excluding carboxylic acids is 1. The second-order valence-electron chi connectivity index (χ2n) is 7.41. The highest BCUT2D eigenvalue weighted by molar-refractivity contribution is 7.98. The van der Waals surface area contributed by atoms with E-state index in [4.69, 9.17) is 16.3 Å². The third-order valence-corrected chi connectivity index (χ3v) is 8.06. The second kappa shape index (κ2) is 12.7. The van der Waals surface area contributed by atoms with E-state index in [1.165, 1.54) is 19.2 Å². The summed E-state index contributed by atoms with van der Waals surface area (Å²) in [6.07, 6.45) is 0.769. The summed E-state index contributed by atoms with van der Waals surface area (Å²) in [5.74, 6) is 1.93. The molecule has 0 fully saturated rings. The van der Waals surface area contributed by atoms with E-state index in [-0.39, 0.29) is 17.3 Å². The number of methoxy groups -OCH3 is 1. The minimum atomic E-state index is -3.93. The molecule has 0 aromatic heterocycles. The van der Waals surface area contributed by atoms with Crippen LogP contribution >= 0.6 is 23.4 Å². The molecule has 3 aromatic rings. The predicted octanol–water partition coefficient (Wildman–Crippen LogP) is 4.98. The highest BCUT2D eigenvalue weighted by Gasteiger charge is 2.27. The number of ether oxygens (including phenoxy) is 1. The molecular formula is C25H27ClN2O4S2. The molecule has 1 N–H and O–H groups in total. The average Bonchev–Trinajstić information content (AvgIpc) is 2.85. The molecule has 34 heavy (non-hydrogen) atoms. The summed E-state index contributed by atoms with van der Waals surface area (Å²) in [4.78, 5) is 12.8. The number of anilines is 1. The Kier molecular flexibility index (Phi) is 9.68. The van der Waals surface area contributed by atoms with Crippen LogP contribution in [0.2, 0.25) is 5.02 Å². The number of nitrogens with one attached hydrogen (secondary N) is 1. The van der Waals surface area contributed by atoms with Gasteiger partial charge in [-0.15, -0.1) is 0 Å². The number of nitrogens with zero attached hydrogens (tertiary/aromatic N) is 1. The molecule has 3 rings (SSSR count). The van der Waals surface area contributed by atoms with E-state index in [1.54, 1.807) is 54.2 Å². The van der Waals surface area contributed by atoms with E-state index in [1.807, 2.05) is 24.3 Å². The van der Waals surface area contributed by atoms with Crippen LogP contribution in [0.15, 0.2) is 83.8 Å². The van der Waals surface area contributed by atoms with Gasteiger partial charge in [-0.2, -0.15) is 11.8 Å². The summed E-state index contributed by atoms with van der Waals surface area (Å²) in [5.41, 5.74) is 1.54. The van der Waals surface area contributed by atoms with E-state index < -0.39 is 10.0 Å². The molecule has 180 valence electrons. The topological polar surface area (TPSA) is 75.7 Å². The molecule has 1 amide bonds. The molecule has 6 nitrogen and oxygen atoms in total. The SMILES string of the molecule is COc1ccc(N(CC(=O)NCCCSCc2cccc(Cl)c2)S(=O)(=O)c2ccccc2)cc1. The average molecular weight is 519 g/mol. The molecular weight excluding hydrogens is 492 g/mol. The number of benzene rings is 3. The molecule has 0 saturated heterocycles. The van der Waals surface area contributed by atoms with Gasteiger partial charge in [-0.25, -0.2) is 8.42 Å². The Bertz CT molecular complexity index is 1170. The normalized spacial score (nSPS) is 11.1. The lowest BCUT2D eigenvalue weighted by Crippen LogP contribution is -2.41. The van der Waals surface area contributed by atoms with Gasteiger partial charge in [0.05, 0.1) is 17.7 Å². The first-order chi connectivity index (χ1) is 16.4. The summed E-state index contributed by atoms with van der Waals surface area (Å²) in [6, 6.07) is 22.4. The number of carbonyl (C=O) groups is 1. The molecule has 0 heterocycles. The van der Waals surface area contributed by atoms with Gasteiger partial charge in [0.15, 0.2) is 0 Å². The molecule has 0 saturated carbocycles. The van der Waals surface area contributed by atoms with Crippen LogP contribution in [0.3, 0.4) is 0 Å². The molecule has 9 heteroatoms. The van der Waals surface area contributed by atoms with Crippen LogP contribution in [0.1, 0.15) is 12.0 Å². The third kappa shape index (κ3) is 7.41. The largest absolute Gasteiger partial charge is 0.497 e. The highest BCUT2D eigenvalue weighted by atomic mass is 35.5. The van der Waals surface area contributed by atoms with Gasteiger partial charge < -0.3 is 10.1 Å². The number of thioether (sulfide) groups is 1. The van der Waals surface area contributed by atoms with Gasteiger partial charge in [0.2, 0.25) is 5.91 Å². The fourth-order valence-electron chi connectivity index (χ4n) is 3.19. The zero-order valence-electron chi connectivity index (χ0n) is 18.8. The van der Waals surface area contributed by atoms with Gasteiger partial charge in [0, 0.05) is 17.3 Å². The first kappa shape index (κ1) is 25.9. The van der Waals surface area contributed by atoms with Crippen LogP contribution in [0, 0.1) is 0 Å². The van der Waals surface area contributed by atoms with Gasteiger partial charge >= 0.3 is 0 Å². The highest BCUT2D eigenvalue weighted by Crippen LogP contribution is 2.25. The summed E-state index contributed by atoms with van der Waals surface area (Å²) in [7, 11) is -2.39. The van der Waals surface area contributed by atoms with Crippen molar-refractivity contribution in [3.8, 4) is 5.75 Å². The van der Waals surface area contributed by atoms with Gasteiger partial charge in [0.25, 0.3) is 10.0 Å². The first-order valence-corrected chi connectivity index (χ1v) is 13.7. The second-order valence-corrected chi connectivity index (χ2v) is 10.8. The third-order valence-electron chi connectivity index (χ3n) is 4.92. The molecule has 0 aliphatic rings. The Morgan fingerprint density at radius 3 is 2.44 bits per heavy atom. The van der Waals surface area contributed by atoms with Crippen LogP contribution in [0.5, 0.6) is 5.75 Å². The quantitative estimate of drug-likeness (QED) is 0.342. The van der Waals surface area contributed by atoms with Crippen molar-refractivity contribution in [3.63, 3.8) is 0 Å². The Labute approximate surface area is 210 Å². The fourth-order valence-corrected chi connectivity index (χ4v) is 5.75. The Morgan fingerprint density at radius 2 is 1.76 bits per heavy atom. The summed E-state index contributed by atoms with van der Waals surface area (Å²) in [5, 5.41) is 3.55. The molecule has 0 unspecified atom stereocenters. The Hall–Kier alpha value is -2.68. The van der Waals surface area contributed by atoms with E-state index in [9.17, 15) is 13.2 Å². The lowest BCUT2D eigenvalue weighted by molar-refractivity contribution is -0.119. The van der Waals surface area contributed by atoms with E-state index in [2.05, 4.69) is 5.32 Å². The number of hydrogen-bond acceptors (Lipinski definition) is 5. The zero-order chi connectivity index (χ0) is 24.4. The van der Waals surface area contributed by atoms with Crippen molar-refractivity contribution >= 4 is 45.0 Å². The van der Waals surface area contributed by atoms with Crippen molar-refractivity contribution in [2.75, 3.05) is 30.3 Å². The molecule has 3 aromatic carbocycles. The van der Waals surface area contributed by atoms with E-state index in [0.717, 1.165) is 32.8 Å². The van der Waals surface area contributed by atoms with Gasteiger partial charge in [-0.05, 0) is 66.3 Å². The van der Waals surface area contributed by atoms with Crippen LogP contribution in [0.4, 0.5) is 5.69 Å².